The fourth-order valence-electron chi connectivity index (χ4n) is 3.21. The van der Waals surface area contributed by atoms with Crippen molar-refractivity contribution in [1.29, 1.82) is 0 Å². The molecule has 0 aliphatic heterocycles. The second kappa shape index (κ2) is 8.83. The Bertz CT molecular complexity index is 1270. The molecule has 1 aromatic heterocycles. The minimum absolute atomic E-state index is 0.230. The quantitative estimate of drug-likeness (QED) is 0.308. The van der Waals surface area contributed by atoms with Crippen LogP contribution in [0.2, 0.25) is 10.0 Å². The van der Waals surface area contributed by atoms with Gasteiger partial charge >= 0.3 is 0 Å². The lowest BCUT2D eigenvalue weighted by atomic mass is 10.1. The normalized spacial score (nSPS) is 10.9. The highest BCUT2D eigenvalue weighted by Crippen LogP contribution is 2.33. The van der Waals surface area contributed by atoms with Gasteiger partial charge in [-0.3, -0.25) is 4.79 Å². The third-order valence-corrected chi connectivity index (χ3v) is 5.76. The molecule has 156 valence electrons. The number of aromatic nitrogens is 2. The van der Waals surface area contributed by atoms with Gasteiger partial charge in [0, 0.05) is 26.3 Å². The summed E-state index contributed by atoms with van der Waals surface area (Å²) < 4.78 is 15.7. The highest BCUT2D eigenvalue weighted by Gasteiger charge is 2.23. The van der Waals surface area contributed by atoms with Crippen molar-refractivity contribution >= 4 is 50.7 Å². The lowest BCUT2D eigenvalue weighted by Gasteiger charge is -2.11. The number of nitrogens with one attached hydrogen (secondary N) is 1. The molecule has 0 fully saturated rings. The zero-order chi connectivity index (χ0) is 22.1. The molecule has 1 amide bonds. The van der Waals surface area contributed by atoms with E-state index in [0.717, 1.165) is 15.7 Å². The van der Waals surface area contributed by atoms with Gasteiger partial charge in [-0.2, -0.15) is 5.10 Å². The Hall–Kier alpha value is -2.67. The number of anilines is 1. The van der Waals surface area contributed by atoms with Crippen LogP contribution in [0.1, 0.15) is 16.1 Å². The molecular formula is C23H15BrCl2FN3O. The molecule has 1 N–H and O–H groups in total. The Morgan fingerprint density at radius 2 is 1.71 bits per heavy atom. The number of hydrogen-bond donors (Lipinski definition) is 1. The van der Waals surface area contributed by atoms with E-state index in [4.69, 9.17) is 23.2 Å². The first-order chi connectivity index (χ1) is 14.8. The van der Waals surface area contributed by atoms with Crippen LogP contribution in [0.25, 0.3) is 16.9 Å². The number of carbonyl (C=O) groups is 1. The Labute approximate surface area is 196 Å². The molecule has 4 nitrogen and oxygen atoms in total. The van der Waals surface area contributed by atoms with Crippen molar-refractivity contribution in [3.05, 3.63) is 98.3 Å². The first-order valence-electron chi connectivity index (χ1n) is 9.21. The summed E-state index contributed by atoms with van der Waals surface area (Å²) in [6.07, 6.45) is 0. The summed E-state index contributed by atoms with van der Waals surface area (Å²) >= 11 is 15.9. The molecule has 0 radical (unpaired) electrons. The van der Waals surface area contributed by atoms with E-state index in [1.165, 1.54) is 24.3 Å². The summed E-state index contributed by atoms with van der Waals surface area (Å²) in [7, 11) is 0. The van der Waals surface area contributed by atoms with Gasteiger partial charge in [-0.15, -0.1) is 0 Å². The Kier molecular flexibility index (Phi) is 6.14. The zero-order valence-electron chi connectivity index (χ0n) is 16.2. The largest absolute Gasteiger partial charge is 0.321 e. The Morgan fingerprint density at radius 3 is 2.35 bits per heavy atom. The van der Waals surface area contributed by atoms with E-state index in [9.17, 15) is 9.18 Å². The molecule has 31 heavy (non-hydrogen) atoms. The number of carbonyl (C=O) groups excluding carboxylic acids is 1. The smallest absolute Gasteiger partial charge is 0.276 e. The number of amides is 1. The van der Waals surface area contributed by atoms with Crippen LogP contribution in [0.4, 0.5) is 10.1 Å². The minimum Gasteiger partial charge on any atom is -0.321 e. The molecule has 0 unspecified atom stereocenters. The van der Waals surface area contributed by atoms with Gasteiger partial charge in [-0.25, -0.2) is 9.07 Å². The number of benzene rings is 3. The minimum atomic E-state index is -0.411. The van der Waals surface area contributed by atoms with Crippen molar-refractivity contribution in [3.63, 3.8) is 0 Å². The van der Waals surface area contributed by atoms with E-state index >= 15 is 0 Å². The van der Waals surface area contributed by atoms with Crippen LogP contribution in [0.15, 0.2) is 71.2 Å². The first-order valence-corrected chi connectivity index (χ1v) is 10.8. The number of halogens is 4. The summed E-state index contributed by atoms with van der Waals surface area (Å²) in [6, 6.07) is 18.3. The molecule has 4 rings (SSSR count). The number of nitrogens with zero attached hydrogens (tertiary/aromatic N) is 2. The third-order valence-electron chi connectivity index (χ3n) is 4.69. The van der Waals surface area contributed by atoms with E-state index < -0.39 is 5.91 Å². The molecule has 0 spiro atoms. The second-order valence-corrected chi connectivity index (χ2v) is 8.56. The molecule has 0 saturated carbocycles. The Morgan fingerprint density at radius 1 is 1.03 bits per heavy atom. The van der Waals surface area contributed by atoms with E-state index in [2.05, 4.69) is 26.3 Å². The second-order valence-electron chi connectivity index (χ2n) is 6.80. The van der Waals surface area contributed by atoms with Gasteiger partial charge in [0.2, 0.25) is 0 Å². The van der Waals surface area contributed by atoms with Crippen LogP contribution in [0.3, 0.4) is 0 Å². The first kappa shape index (κ1) is 21.6. The van der Waals surface area contributed by atoms with Crippen molar-refractivity contribution in [2.45, 2.75) is 6.92 Å². The van der Waals surface area contributed by atoms with Crippen LogP contribution < -0.4 is 5.32 Å². The average Bonchev–Trinajstić information content (AvgIpc) is 3.07. The summed E-state index contributed by atoms with van der Waals surface area (Å²) in [5.41, 5.74) is 3.55. The lowest BCUT2D eigenvalue weighted by Crippen LogP contribution is -2.14. The molecule has 3 aromatic carbocycles. The molecule has 1 heterocycles. The standard InChI is InChI=1S/C23H15BrCl2FN3O/c1-13-21(23(31)28-18-9-7-17(27)8-10-18)29-30(20-11-6-16(25)12-19(20)26)22(13)14-2-4-15(24)5-3-14/h2-12H,1H3,(H,28,31)/i27-1. The van der Waals surface area contributed by atoms with E-state index in [1.54, 1.807) is 22.9 Å². The molecule has 0 bridgehead atoms. The molecule has 4 aromatic rings. The van der Waals surface area contributed by atoms with Gasteiger partial charge in [0.1, 0.15) is 5.82 Å². The monoisotopic (exact) mass is 516 g/mol. The van der Waals surface area contributed by atoms with Crippen molar-refractivity contribution in [2.24, 2.45) is 0 Å². The van der Waals surface area contributed by atoms with Gasteiger partial charge in [0.05, 0.1) is 16.4 Å². The number of rotatable bonds is 4. The molecule has 0 aliphatic carbocycles. The molecule has 8 heteroatoms. The summed E-state index contributed by atoms with van der Waals surface area (Å²) in [5, 5.41) is 8.23. The van der Waals surface area contributed by atoms with Crippen LogP contribution in [0, 0.1) is 12.7 Å². The van der Waals surface area contributed by atoms with E-state index in [1.807, 2.05) is 31.2 Å². The summed E-state index contributed by atoms with van der Waals surface area (Å²) in [4.78, 5) is 13.0. The topological polar surface area (TPSA) is 46.9 Å². The van der Waals surface area contributed by atoms with Crippen LogP contribution in [-0.2, 0) is 0 Å². The predicted octanol–water partition coefficient (Wildman–Crippen LogP) is 7.31. The zero-order valence-corrected chi connectivity index (χ0v) is 19.3. The third kappa shape index (κ3) is 4.51. The fourth-order valence-corrected chi connectivity index (χ4v) is 3.96. The Balaban J connectivity index is 1.84. The molecule has 0 atom stereocenters. The van der Waals surface area contributed by atoms with Crippen LogP contribution in [0.5, 0.6) is 0 Å². The van der Waals surface area contributed by atoms with Gasteiger partial charge in [0.25, 0.3) is 5.91 Å². The van der Waals surface area contributed by atoms with Crippen LogP contribution >= 0.6 is 39.1 Å². The number of hydrogen-bond acceptors (Lipinski definition) is 2. The van der Waals surface area contributed by atoms with E-state index in [-0.39, 0.29) is 11.5 Å². The molecule has 0 aliphatic rings. The van der Waals surface area contributed by atoms with Crippen LogP contribution in [-0.4, -0.2) is 15.7 Å². The highest BCUT2D eigenvalue weighted by atomic mass is 79.9. The molecule has 0 saturated heterocycles. The lowest BCUT2D eigenvalue weighted by molar-refractivity contribution is 0.102. The van der Waals surface area contributed by atoms with Gasteiger partial charge in [-0.05, 0) is 61.5 Å². The van der Waals surface area contributed by atoms with Crippen molar-refractivity contribution in [3.8, 4) is 16.9 Å². The predicted molar refractivity (Wildman–Crippen MR) is 126 cm³/mol. The van der Waals surface area contributed by atoms with Gasteiger partial charge in [-0.1, -0.05) is 51.3 Å². The van der Waals surface area contributed by atoms with Gasteiger partial charge < -0.3 is 5.32 Å². The maximum Gasteiger partial charge on any atom is 0.276 e. The SMILES string of the molecule is Cc1c(C(=O)Nc2ccc([18F])cc2)nn(-c2ccc(Cl)cc2Cl)c1-c1ccc(Br)cc1. The van der Waals surface area contributed by atoms with Crippen molar-refractivity contribution in [1.82, 2.24) is 9.78 Å². The fraction of sp³-hybridized carbons (Fsp3) is 0.0435. The maximum atomic E-state index is 13.2. The maximum absolute atomic E-state index is 13.2. The summed E-state index contributed by atoms with van der Waals surface area (Å²) in [5.74, 6) is -0.792. The van der Waals surface area contributed by atoms with E-state index in [0.29, 0.717) is 27.0 Å². The van der Waals surface area contributed by atoms with Gasteiger partial charge in [0.15, 0.2) is 5.69 Å². The highest BCUT2D eigenvalue weighted by molar-refractivity contribution is 9.10. The van der Waals surface area contributed by atoms with Crippen molar-refractivity contribution in [2.75, 3.05) is 5.32 Å². The molecular weight excluding hydrogens is 503 g/mol. The van der Waals surface area contributed by atoms with Crippen molar-refractivity contribution < 1.29 is 9.18 Å². The average molecular weight is 518 g/mol. The summed E-state index contributed by atoms with van der Waals surface area (Å²) in [6.45, 7) is 1.82.